The zero-order chi connectivity index (χ0) is 30.5. The number of aliphatic hydroxyl groups excluding tert-OH is 1. The van der Waals surface area contributed by atoms with E-state index < -0.39 is 18.0 Å². The first-order valence-electron chi connectivity index (χ1n) is 14.0. The van der Waals surface area contributed by atoms with Gasteiger partial charge in [0.2, 0.25) is 5.95 Å². The maximum Gasteiger partial charge on any atom is 0.490 e. The van der Waals surface area contributed by atoms with Gasteiger partial charge >= 0.3 is 12.1 Å². The number of benzene rings is 2. The number of pyridine rings is 1. The van der Waals surface area contributed by atoms with E-state index >= 15 is 4.39 Å². The molecule has 43 heavy (non-hydrogen) atoms. The van der Waals surface area contributed by atoms with E-state index in [0.29, 0.717) is 28.7 Å². The Balaban J connectivity index is 0.000000423. The topological polar surface area (TPSA) is 123 Å². The van der Waals surface area contributed by atoms with Crippen molar-refractivity contribution in [3.05, 3.63) is 48.4 Å². The molecule has 3 N–H and O–H groups in total. The first-order valence-corrected chi connectivity index (χ1v) is 14.0. The summed E-state index contributed by atoms with van der Waals surface area (Å²) >= 11 is 0. The highest BCUT2D eigenvalue weighted by atomic mass is 19.4. The molecule has 13 heteroatoms. The minimum atomic E-state index is -5.08. The first-order chi connectivity index (χ1) is 20.5. The Morgan fingerprint density at radius 2 is 1.72 bits per heavy atom. The maximum atomic E-state index is 16.4. The Morgan fingerprint density at radius 1 is 1.02 bits per heavy atom. The molecule has 226 valence electrons. The van der Waals surface area contributed by atoms with E-state index in [9.17, 15) is 23.4 Å². The summed E-state index contributed by atoms with van der Waals surface area (Å²) in [7, 11) is 0. The zero-order valence-corrected chi connectivity index (χ0v) is 22.9. The molecule has 1 aliphatic carbocycles. The number of alkyl halides is 3. The standard InChI is InChI=1S/C28H28FN5O2.C2HF3O2/c29-24-25(22-11-20(36)10-18-3-1-2-4-21(18)22)30-12-23-26(24)31-28(34-8-7-19(34)15-35)32-27(23)33-13-16-5-6-17(9-16)14-33;3-2(4,5)1(6)7/h1-4,10-12,16-17,19,35-36H,5-9,13-15H2;(H,6,7)/t16?,17?,19-;/m0./s1. The number of carboxylic acid groups (broad SMARTS) is 1. The lowest BCUT2D eigenvalue weighted by Crippen LogP contribution is -2.51. The molecule has 0 amide bonds. The van der Waals surface area contributed by atoms with Crippen LogP contribution in [0.4, 0.5) is 29.3 Å². The summed E-state index contributed by atoms with van der Waals surface area (Å²) in [4.78, 5) is 27.3. The number of carbonyl (C=O) groups is 1. The van der Waals surface area contributed by atoms with Gasteiger partial charge in [0.05, 0.1) is 18.0 Å². The molecule has 0 radical (unpaired) electrons. The van der Waals surface area contributed by atoms with Crippen molar-refractivity contribution in [1.29, 1.82) is 0 Å². The fourth-order valence-corrected chi connectivity index (χ4v) is 6.35. The Labute approximate surface area is 243 Å². The van der Waals surface area contributed by atoms with E-state index in [1.54, 1.807) is 18.3 Å². The molecule has 2 unspecified atom stereocenters. The van der Waals surface area contributed by atoms with Crippen LogP contribution in [0.3, 0.4) is 0 Å². The Morgan fingerprint density at radius 3 is 2.35 bits per heavy atom. The fraction of sp³-hybridized carbons (Fsp3) is 0.400. The lowest BCUT2D eigenvalue weighted by molar-refractivity contribution is -0.192. The van der Waals surface area contributed by atoms with E-state index in [-0.39, 0.29) is 29.6 Å². The van der Waals surface area contributed by atoms with Gasteiger partial charge in [-0.15, -0.1) is 0 Å². The van der Waals surface area contributed by atoms with Gasteiger partial charge in [0.15, 0.2) is 5.82 Å². The number of hydrogen-bond acceptors (Lipinski definition) is 8. The summed E-state index contributed by atoms with van der Waals surface area (Å²) < 4.78 is 48.1. The molecule has 2 aliphatic heterocycles. The van der Waals surface area contributed by atoms with E-state index in [2.05, 4.69) is 9.88 Å². The average Bonchev–Trinajstić information content (AvgIpc) is 3.29. The third kappa shape index (κ3) is 5.49. The van der Waals surface area contributed by atoms with E-state index in [0.717, 1.165) is 42.6 Å². The second-order valence-corrected chi connectivity index (χ2v) is 11.3. The maximum absolute atomic E-state index is 16.4. The molecule has 0 spiro atoms. The van der Waals surface area contributed by atoms with Crippen molar-refractivity contribution in [1.82, 2.24) is 15.0 Å². The van der Waals surface area contributed by atoms with E-state index in [1.165, 1.54) is 19.3 Å². The van der Waals surface area contributed by atoms with Crippen molar-refractivity contribution >= 4 is 39.4 Å². The molecule has 3 aliphatic rings. The number of carboxylic acids is 1. The second-order valence-electron chi connectivity index (χ2n) is 11.3. The third-order valence-corrected chi connectivity index (χ3v) is 8.51. The van der Waals surface area contributed by atoms with Crippen LogP contribution in [0.25, 0.3) is 32.9 Å². The van der Waals surface area contributed by atoms with Gasteiger partial charge in [-0.25, -0.2) is 14.2 Å². The van der Waals surface area contributed by atoms with Gasteiger partial charge in [0.1, 0.15) is 22.8 Å². The number of fused-ring (bicyclic) bond motifs is 4. The largest absolute Gasteiger partial charge is 0.508 e. The Kier molecular flexibility index (Phi) is 7.45. The van der Waals surface area contributed by atoms with Crippen molar-refractivity contribution in [2.75, 3.05) is 36.0 Å². The molecule has 9 nitrogen and oxygen atoms in total. The quantitative estimate of drug-likeness (QED) is 0.274. The van der Waals surface area contributed by atoms with Gasteiger partial charge in [0, 0.05) is 31.4 Å². The number of aliphatic carboxylic acids is 1. The molecule has 2 aromatic heterocycles. The highest BCUT2D eigenvalue weighted by molar-refractivity contribution is 6.00. The summed E-state index contributed by atoms with van der Waals surface area (Å²) in [5.74, 6) is -0.748. The number of halogens is 4. The molecule has 1 saturated carbocycles. The molecule has 2 saturated heterocycles. The number of rotatable bonds is 4. The number of piperidine rings is 1. The van der Waals surface area contributed by atoms with Crippen LogP contribution in [0.15, 0.2) is 42.6 Å². The average molecular weight is 600 g/mol. The van der Waals surface area contributed by atoms with E-state index in [4.69, 9.17) is 19.9 Å². The Bertz CT molecular complexity index is 1690. The van der Waals surface area contributed by atoms with Gasteiger partial charge in [0.25, 0.3) is 0 Å². The minimum absolute atomic E-state index is 0.0178. The molecule has 4 heterocycles. The number of hydrogen-bond donors (Lipinski definition) is 3. The first kappa shape index (κ1) is 28.8. The zero-order valence-electron chi connectivity index (χ0n) is 22.9. The monoisotopic (exact) mass is 599 g/mol. The van der Waals surface area contributed by atoms with Gasteiger partial charge in [-0.05, 0) is 60.4 Å². The normalized spacial score (nSPS) is 21.5. The molecule has 7 rings (SSSR count). The lowest BCUT2D eigenvalue weighted by Gasteiger charge is -2.40. The highest BCUT2D eigenvalue weighted by Gasteiger charge is 2.38. The van der Waals surface area contributed by atoms with Crippen LogP contribution < -0.4 is 9.80 Å². The highest BCUT2D eigenvalue weighted by Crippen LogP contribution is 2.41. The van der Waals surface area contributed by atoms with Crippen LogP contribution in [0.2, 0.25) is 0 Å². The number of aromatic nitrogens is 3. The molecule has 2 bridgehead atoms. The number of anilines is 2. The van der Waals surface area contributed by atoms with E-state index in [1.807, 2.05) is 29.2 Å². The SMILES string of the molecule is O=C(O)C(F)(F)F.OC[C@@H]1CCN1c1nc(N2CC3CCC(C3)C2)c2cnc(-c3cc(O)cc4ccccc34)c(F)c2n1. The van der Waals surface area contributed by atoms with Gasteiger partial charge in [-0.1, -0.05) is 24.3 Å². The van der Waals surface area contributed by atoms with Crippen molar-refractivity contribution < 1.29 is 37.7 Å². The van der Waals surface area contributed by atoms with Gasteiger partial charge in [-0.3, -0.25) is 4.98 Å². The third-order valence-electron chi connectivity index (χ3n) is 8.51. The lowest BCUT2D eigenvalue weighted by atomic mass is 9.98. The van der Waals surface area contributed by atoms with Crippen LogP contribution >= 0.6 is 0 Å². The van der Waals surface area contributed by atoms with Crippen LogP contribution in [0, 0.1) is 17.7 Å². The predicted octanol–water partition coefficient (Wildman–Crippen LogP) is 5.13. The van der Waals surface area contributed by atoms with Crippen molar-refractivity contribution in [3.63, 3.8) is 0 Å². The minimum Gasteiger partial charge on any atom is -0.508 e. The number of nitrogens with zero attached hydrogens (tertiary/aromatic N) is 5. The number of phenols is 1. The van der Waals surface area contributed by atoms with Crippen molar-refractivity contribution in [2.45, 2.75) is 37.9 Å². The molecular weight excluding hydrogens is 570 g/mol. The molecule has 2 aromatic carbocycles. The number of aliphatic hydroxyl groups is 1. The number of aromatic hydroxyl groups is 1. The number of phenolic OH excluding ortho intramolecular Hbond substituents is 1. The van der Waals surface area contributed by atoms with Crippen molar-refractivity contribution in [2.24, 2.45) is 11.8 Å². The molecule has 3 atom stereocenters. The summed E-state index contributed by atoms with van der Waals surface area (Å²) in [5.41, 5.74) is 0.917. The molecule has 3 fully saturated rings. The summed E-state index contributed by atoms with van der Waals surface area (Å²) in [6.45, 7) is 2.57. The summed E-state index contributed by atoms with van der Waals surface area (Å²) in [6, 6.07) is 10.7. The molecular formula is C30H29F4N5O4. The van der Waals surface area contributed by atoms with Gasteiger partial charge < -0.3 is 25.1 Å². The van der Waals surface area contributed by atoms with Crippen molar-refractivity contribution in [3.8, 4) is 17.0 Å². The van der Waals surface area contributed by atoms with Gasteiger partial charge in [-0.2, -0.15) is 18.2 Å². The van der Waals surface area contributed by atoms with Crippen LogP contribution in [-0.2, 0) is 4.79 Å². The molecule has 4 aromatic rings. The van der Waals surface area contributed by atoms with Crippen LogP contribution in [-0.4, -0.2) is 74.7 Å². The summed E-state index contributed by atoms with van der Waals surface area (Å²) in [6.07, 6.45) is 1.18. The Hall–Kier alpha value is -4.26. The summed E-state index contributed by atoms with van der Waals surface area (Å²) in [5, 5.41) is 29.5. The second kappa shape index (κ2) is 11.1. The predicted molar refractivity (Wildman–Crippen MR) is 151 cm³/mol. The fourth-order valence-electron chi connectivity index (χ4n) is 6.35. The van der Waals surface area contributed by atoms with Crippen LogP contribution in [0.1, 0.15) is 25.7 Å². The smallest absolute Gasteiger partial charge is 0.490 e. The van der Waals surface area contributed by atoms with Crippen LogP contribution in [0.5, 0.6) is 5.75 Å².